The predicted octanol–water partition coefficient (Wildman–Crippen LogP) is 0.871. The summed E-state index contributed by atoms with van der Waals surface area (Å²) in [7, 11) is 0. The van der Waals surface area contributed by atoms with Crippen molar-refractivity contribution in [2.45, 2.75) is 32.2 Å². The van der Waals surface area contributed by atoms with Gasteiger partial charge in [0.1, 0.15) is 5.82 Å². The normalized spacial score (nSPS) is 26.2. The summed E-state index contributed by atoms with van der Waals surface area (Å²) in [6, 6.07) is 4.27. The molecule has 2 amide bonds. The van der Waals surface area contributed by atoms with Crippen molar-refractivity contribution in [3.8, 4) is 0 Å². The van der Waals surface area contributed by atoms with Gasteiger partial charge in [-0.1, -0.05) is 0 Å². The fraction of sp³-hybridized carbons (Fsp3) is 0.720. The lowest BCUT2D eigenvalue weighted by Gasteiger charge is -2.40. The molecule has 1 aromatic rings. The van der Waals surface area contributed by atoms with Crippen molar-refractivity contribution >= 4 is 17.6 Å². The number of rotatable bonds is 5. The predicted molar refractivity (Wildman–Crippen MR) is 127 cm³/mol. The molecular formula is C25H37N5O4. The average Bonchev–Trinajstić information content (AvgIpc) is 3.21. The Bertz CT molecular complexity index is 876. The Kier molecular flexibility index (Phi) is 7.04. The van der Waals surface area contributed by atoms with E-state index >= 15 is 0 Å². The number of nitrogens with zero attached hydrogens (tertiary/aromatic N) is 4. The van der Waals surface area contributed by atoms with Crippen LogP contribution in [0.3, 0.4) is 0 Å². The van der Waals surface area contributed by atoms with Crippen LogP contribution in [-0.4, -0.2) is 92.3 Å². The first kappa shape index (κ1) is 23.5. The van der Waals surface area contributed by atoms with Gasteiger partial charge in [-0.25, -0.2) is 4.98 Å². The number of aromatic nitrogens is 1. The Morgan fingerprint density at radius 1 is 1.06 bits per heavy atom. The van der Waals surface area contributed by atoms with Gasteiger partial charge in [-0.3, -0.25) is 14.5 Å². The molecule has 1 unspecified atom stereocenters. The minimum atomic E-state index is -0.242. The highest BCUT2D eigenvalue weighted by Gasteiger charge is 2.51. The molecule has 4 aliphatic rings. The summed E-state index contributed by atoms with van der Waals surface area (Å²) in [5.74, 6) is 0.881. The minimum absolute atomic E-state index is 0.0259. The van der Waals surface area contributed by atoms with Gasteiger partial charge in [0, 0.05) is 76.6 Å². The Balaban J connectivity index is 1.28. The van der Waals surface area contributed by atoms with E-state index in [0.29, 0.717) is 25.9 Å². The number of amides is 2. The van der Waals surface area contributed by atoms with E-state index in [1.807, 2.05) is 11.1 Å². The zero-order valence-electron chi connectivity index (χ0n) is 20.0. The van der Waals surface area contributed by atoms with E-state index in [1.165, 1.54) is 5.56 Å². The molecule has 1 spiro atoms. The highest BCUT2D eigenvalue weighted by molar-refractivity contribution is 5.81. The number of piperidine rings is 1. The maximum Gasteiger partial charge on any atom is 0.227 e. The zero-order chi connectivity index (χ0) is 23.5. The first-order valence-electron chi connectivity index (χ1n) is 12.7. The SMILES string of the molecule is NC(=O)C1CCN(C(=O)C2CN(Cc3ccnc(N4CCOCC4)c3)CC23CCOCC3)CC1. The van der Waals surface area contributed by atoms with Crippen LogP contribution >= 0.6 is 0 Å². The first-order chi connectivity index (χ1) is 16.5. The van der Waals surface area contributed by atoms with Gasteiger partial charge in [-0.05, 0) is 43.4 Å². The topological polar surface area (TPSA) is 101 Å². The molecule has 5 rings (SSSR count). The van der Waals surface area contributed by atoms with Crippen LogP contribution in [0, 0.1) is 17.3 Å². The standard InChI is InChI=1S/C25H37N5O4/c26-23(31)20-2-7-30(8-3-20)24(32)21-17-28(18-25(21)4-11-33-12-5-25)16-19-1-6-27-22(15-19)29-9-13-34-14-10-29/h1,6,15,20-21H,2-5,7-14,16-18H2,(H2,26,31). The third-order valence-electron chi connectivity index (χ3n) is 8.27. The fourth-order valence-electron chi connectivity index (χ4n) is 6.20. The third-order valence-corrected chi connectivity index (χ3v) is 8.27. The van der Waals surface area contributed by atoms with E-state index < -0.39 is 0 Å². The highest BCUT2D eigenvalue weighted by atomic mass is 16.5. The van der Waals surface area contributed by atoms with Crippen molar-refractivity contribution in [2.75, 3.05) is 70.6 Å². The Labute approximate surface area is 201 Å². The molecule has 0 saturated carbocycles. The number of carbonyl (C=O) groups excluding carboxylic acids is 2. The van der Waals surface area contributed by atoms with Crippen LogP contribution in [0.25, 0.3) is 0 Å². The number of likely N-dealkylation sites (tertiary alicyclic amines) is 2. The number of morpholine rings is 1. The molecule has 2 N–H and O–H groups in total. The van der Waals surface area contributed by atoms with Crippen molar-refractivity contribution in [1.82, 2.24) is 14.8 Å². The van der Waals surface area contributed by atoms with Gasteiger partial charge < -0.3 is 25.0 Å². The summed E-state index contributed by atoms with van der Waals surface area (Å²) in [6.07, 6.45) is 5.09. The summed E-state index contributed by atoms with van der Waals surface area (Å²) in [5, 5.41) is 0. The molecule has 186 valence electrons. The Morgan fingerprint density at radius 2 is 1.76 bits per heavy atom. The van der Waals surface area contributed by atoms with Gasteiger partial charge in [0.05, 0.1) is 19.1 Å². The monoisotopic (exact) mass is 471 g/mol. The van der Waals surface area contributed by atoms with E-state index in [2.05, 4.69) is 26.9 Å². The van der Waals surface area contributed by atoms with Crippen LogP contribution in [0.1, 0.15) is 31.2 Å². The van der Waals surface area contributed by atoms with E-state index in [-0.39, 0.29) is 29.1 Å². The Morgan fingerprint density at radius 3 is 2.47 bits per heavy atom. The molecule has 4 aliphatic heterocycles. The van der Waals surface area contributed by atoms with Crippen molar-refractivity contribution in [2.24, 2.45) is 23.0 Å². The molecule has 4 saturated heterocycles. The fourth-order valence-corrected chi connectivity index (χ4v) is 6.20. The molecule has 9 nitrogen and oxygen atoms in total. The van der Waals surface area contributed by atoms with Gasteiger partial charge in [0.15, 0.2) is 0 Å². The molecule has 1 atom stereocenters. The summed E-state index contributed by atoms with van der Waals surface area (Å²) in [6.45, 7) is 8.41. The van der Waals surface area contributed by atoms with E-state index in [1.54, 1.807) is 0 Å². The van der Waals surface area contributed by atoms with Crippen molar-refractivity contribution in [1.29, 1.82) is 0 Å². The molecule has 0 aliphatic carbocycles. The van der Waals surface area contributed by atoms with E-state index in [4.69, 9.17) is 15.2 Å². The smallest absolute Gasteiger partial charge is 0.227 e. The molecule has 4 fully saturated rings. The molecular weight excluding hydrogens is 434 g/mol. The van der Waals surface area contributed by atoms with Crippen molar-refractivity contribution < 1.29 is 19.1 Å². The maximum atomic E-state index is 13.7. The Hall–Kier alpha value is -2.23. The van der Waals surface area contributed by atoms with Crippen LogP contribution in [0.5, 0.6) is 0 Å². The lowest BCUT2D eigenvalue weighted by molar-refractivity contribution is -0.143. The maximum absolute atomic E-state index is 13.7. The first-order valence-corrected chi connectivity index (χ1v) is 12.7. The zero-order valence-corrected chi connectivity index (χ0v) is 20.0. The second-order valence-corrected chi connectivity index (χ2v) is 10.3. The molecule has 0 aromatic carbocycles. The van der Waals surface area contributed by atoms with E-state index in [9.17, 15) is 9.59 Å². The molecule has 5 heterocycles. The number of ether oxygens (including phenoxy) is 2. The van der Waals surface area contributed by atoms with Crippen molar-refractivity contribution in [3.63, 3.8) is 0 Å². The minimum Gasteiger partial charge on any atom is -0.381 e. The van der Waals surface area contributed by atoms with Crippen LogP contribution in [0.4, 0.5) is 5.82 Å². The number of primary amides is 1. The lowest BCUT2D eigenvalue weighted by Crippen LogP contribution is -2.49. The van der Waals surface area contributed by atoms with Crippen molar-refractivity contribution in [3.05, 3.63) is 23.9 Å². The van der Waals surface area contributed by atoms with Crippen LogP contribution in [0.2, 0.25) is 0 Å². The third kappa shape index (κ3) is 4.92. The lowest BCUT2D eigenvalue weighted by atomic mass is 9.71. The molecule has 0 bridgehead atoms. The highest BCUT2D eigenvalue weighted by Crippen LogP contribution is 2.45. The number of hydrogen-bond donors (Lipinski definition) is 1. The second kappa shape index (κ2) is 10.2. The number of anilines is 1. The summed E-state index contributed by atoms with van der Waals surface area (Å²) >= 11 is 0. The quantitative estimate of drug-likeness (QED) is 0.680. The second-order valence-electron chi connectivity index (χ2n) is 10.3. The number of carbonyl (C=O) groups is 2. The molecule has 0 radical (unpaired) electrons. The van der Waals surface area contributed by atoms with Crippen LogP contribution in [-0.2, 0) is 25.6 Å². The summed E-state index contributed by atoms with van der Waals surface area (Å²) < 4.78 is 11.2. The number of pyridine rings is 1. The molecule has 9 heteroatoms. The summed E-state index contributed by atoms with van der Waals surface area (Å²) in [4.78, 5) is 36.6. The number of hydrogen-bond acceptors (Lipinski definition) is 7. The molecule has 1 aromatic heterocycles. The summed E-state index contributed by atoms with van der Waals surface area (Å²) in [5.41, 5.74) is 6.69. The van der Waals surface area contributed by atoms with E-state index in [0.717, 1.165) is 77.8 Å². The van der Waals surface area contributed by atoms with Crippen LogP contribution in [0.15, 0.2) is 18.3 Å². The average molecular weight is 472 g/mol. The van der Waals surface area contributed by atoms with Gasteiger partial charge >= 0.3 is 0 Å². The molecule has 34 heavy (non-hydrogen) atoms. The van der Waals surface area contributed by atoms with Gasteiger partial charge in [-0.2, -0.15) is 0 Å². The van der Waals surface area contributed by atoms with Gasteiger partial charge in [0.2, 0.25) is 11.8 Å². The van der Waals surface area contributed by atoms with Crippen LogP contribution < -0.4 is 10.6 Å². The number of nitrogens with two attached hydrogens (primary N) is 1. The van der Waals surface area contributed by atoms with Gasteiger partial charge in [-0.15, -0.1) is 0 Å². The van der Waals surface area contributed by atoms with Gasteiger partial charge in [0.25, 0.3) is 0 Å². The largest absolute Gasteiger partial charge is 0.381 e.